The van der Waals surface area contributed by atoms with Crippen LogP contribution in [0.5, 0.6) is 0 Å². The molecule has 0 aliphatic heterocycles. The van der Waals surface area contributed by atoms with E-state index in [4.69, 9.17) is 4.74 Å². The second kappa shape index (κ2) is 5.95. The minimum absolute atomic E-state index is 0.00969. The van der Waals surface area contributed by atoms with E-state index in [2.05, 4.69) is 15.3 Å². The number of rotatable bonds is 4. The van der Waals surface area contributed by atoms with Crippen LogP contribution in [-0.4, -0.2) is 22.2 Å². The van der Waals surface area contributed by atoms with Crippen molar-refractivity contribution in [1.82, 2.24) is 15.3 Å². The van der Waals surface area contributed by atoms with Crippen LogP contribution in [0.2, 0.25) is 0 Å². The van der Waals surface area contributed by atoms with Crippen molar-refractivity contribution in [3.8, 4) is 0 Å². The Labute approximate surface area is 121 Å². The summed E-state index contributed by atoms with van der Waals surface area (Å²) in [6.07, 6.45) is 5.72. The molecular formula is C15H16FN3O2. The molecule has 5 nitrogen and oxygen atoms in total. The summed E-state index contributed by atoms with van der Waals surface area (Å²) < 4.78 is 18.3. The maximum atomic E-state index is 13.0. The number of aromatic nitrogens is 2. The molecule has 1 atom stereocenters. The van der Waals surface area contributed by atoms with E-state index in [-0.39, 0.29) is 11.9 Å². The number of carbonyl (C=O) groups excluding carboxylic acids is 1. The standard InChI is InChI=1S/C15H16FN3O2/c16-11-6-4-10(5-7-11)13(14-17-8-9-18-14)19-15(20)21-12-2-1-3-12/h4-9,12-13H,1-3H2,(H,17,18)(H,19,20). The molecule has 0 bridgehead atoms. The molecule has 0 radical (unpaired) electrons. The number of amides is 1. The van der Waals surface area contributed by atoms with Gasteiger partial charge in [0.25, 0.3) is 0 Å². The molecule has 1 amide bonds. The normalized spacial score (nSPS) is 16.0. The van der Waals surface area contributed by atoms with Crippen molar-refractivity contribution >= 4 is 6.09 Å². The summed E-state index contributed by atoms with van der Waals surface area (Å²) in [7, 11) is 0. The Bertz CT molecular complexity index is 594. The summed E-state index contributed by atoms with van der Waals surface area (Å²) in [5, 5.41) is 2.78. The number of alkyl carbamates (subject to hydrolysis) is 1. The van der Waals surface area contributed by atoms with E-state index in [1.165, 1.54) is 12.1 Å². The smallest absolute Gasteiger partial charge is 0.408 e. The average molecular weight is 289 g/mol. The molecule has 2 N–H and O–H groups in total. The van der Waals surface area contributed by atoms with E-state index in [9.17, 15) is 9.18 Å². The average Bonchev–Trinajstić information content (AvgIpc) is 2.95. The fourth-order valence-electron chi connectivity index (χ4n) is 2.19. The first kappa shape index (κ1) is 13.6. The molecule has 1 fully saturated rings. The lowest BCUT2D eigenvalue weighted by Crippen LogP contribution is -2.35. The highest BCUT2D eigenvalue weighted by molar-refractivity contribution is 5.68. The van der Waals surface area contributed by atoms with Crippen LogP contribution in [0, 0.1) is 5.82 Å². The van der Waals surface area contributed by atoms with E-state index in [1.54, 1.807) is 24.5 Å². The number of carbonyl (C=O) groups is 1. The lowest BCUT2D eigenvalue weighted by atomic mass is 9.96. The highest BCUT2D eigenvalue weighted by Crippen LogP contribution is 2.23. The monoisotopic (exact) mass is 289 g/mol. The Morgan fingerprint density at radius 1 is 1.38 bits per heavy atom. The first-order valence-electron chi connectivity index (χ1n) is 6.94. The van der Waals surface area contributed by atoms with Gasteiger partial charge in [0.2, 0.25) is 0 Å². The Hall–Kier alpha value is -2.37. The van der Waals surface area contributed by atoms with Crippen molar-refractivity contribution in [3.63, 3.8) is 0 Å². The maximum Gasteiger partial charge on any atom is 0.408 e. The zero-order chi connectivity index (χ0) is 14.7. The van der Waals surface area contributed by atoms with Crippen LogP contribution in [0.4, 0.5) is 9.18 Å². The van der Waals surface area contributed by atoms with E-state index in [1.807, 2.05) is 0 Å². The molecule has 1 heterocycles. The minimum atomic E-state index is -0.492. The molecule has 1 aliphatic carbocycles. The number of nitrogens with one attached hydrogen (secondary N) is 2. The third kappa shape index (κ3) is 3.21. The predicted molar refractivity (Wildman–Crippen MR) is 74.1 cm³/mol. The molecule has 6 heteroatoms. The van der Waals surface area contributed by atoms with Crippen molar-refractivity contribution < 1.29 is 13.9 Å². The number of nitrogens with zero attached hydrogens (tertiary/aromatic N) is 1. The van der Waals surface area contributed by atoms with Gasteiger partial charge in [-0.15, -0.1) is 0 Å². The van der Waals surface area contributed by atoms with E-state index >= 15 is 0 Å². The zero-order valence-corrected chi connectivity index (χ0v) is 11.4. The molecule has 0 spiro atoms. The predicted octanol–water partition coefficient (Wildman–Crippen LogP) is 2.92. The van der Waals surface area contributed by atoms with Crippen LogP contribution in [-0.2, 0) is 4.74 Å². The molecule has 1 aliphatic rings. The Kier molecular flexibility index (Phi) is 3.85. The molecule has 0 saturated heterocycles. The molecule has 2 aromatic rings. The van der Waals surface area contributed by atoms with Crippen LogP contribution in [0.15, 0.2) is 36.7 Å². The summed E-state index contributed by atoms with van der Waals surface area (Å²) in [6.45, 7) is 0. The van der Waals surface area contributed by atoms with E-state index < -0.39 is 12.1 Å². The Morgan fingerprint density at radius 3 is 2.71 bits per heavy atom. The molecule has 1 unspecified atom stereocenters. The van der Waals surface area contributed by atoms with Crippen molar-refractivity contribution in [2.45, 2.75) is 31.4 Å². The SMILES string of the molecule is O=C(NC(c1ccc(F)cc1)c1ncc[nH]1)OC1CCC1. The third-order valence-corrected chi connectivity index (χ3v) is 3.58. The first-order valence-corrected chi connectivity index (χ1v) is 6.94. The van der Waals surface area contributed by atoms with Gasteiger partial charge in [-0.3, -0.25) is 0 Å². The largest absolute Gasteiger partial charge is 0.446 e. The van der Waals surface area contributed by atoms with Crippen LogP contribution in [0.25, 0.3) is 0 Å². The molecule has 21 heavy (non-hydrogen) atoms. The quantitative estimate of drug-likeness (QED) is 0.909. The first-order chi connectivity index (χ1) is 10.2. The number of halogens is 1. The molecule has 3 rings (SSSR count). The van der Waals surface area contributed by atoms with E-state index in [0.29, 0.717) is 5.82 Å². The molecule has 110 valence electrons. The highest BCUT2D eigenvalue weighted by Gasteiger charge is 2.25. The summed E-state index contributed by atoms with van der Waals surface area (Å²) >= 11 is 0. The van der Waals surface area contributed by atoms with Gasteiger partial charge in [-0.2, -0.15) is 0 Å². The number of benzene rings is 1. The van der Waals surface area contributed by atoms with Crippen molar-refractivity contribution in [3.05, 3.63) is 53.9 Å². The fraction of sp³-hybridized carbons (Fsp3) is 0.333. The zero-order valence-electron chi connectivity index (χ0n) is 11.4. The highest BCUT2D eigenvalue weighted by atomic mass is 19.1. The van der Waals surface area contributed by atoms with Gasteiger partial charge in [0.1, 0.15) is 23.8 Å². The van der Waals surface area contributed by atoms with Gasteiger partial charge in [-0.25, -0.2) is 14.2 Å². The van der Waals surface area contributed by atoms with Crippen molar-refractivity contribution in [2.24, 2.45) is 0 Å². The number of imidazole rings is 1. The second-order valence-electron chi connectivity index (χ2n) is 5.06. The van der Waals surface area contributed by atoms with Gasteiger partial charge >= 0.3 is 6.09 Å². The summed E-state index contributed by atoms with van der Waals surface area (Å²) in [6, 6.07) is 5.44. The molecule has 1 saturated carbocycles. The number of ether oxygens (including phenoxy) is 1. The minimum Gasteiger partial charge on any atom is -0.446 e. The maximum absolute atomic E-state index is 13.0. The second-order valence-corrected chi connectivity index (χ2v) is 5.06. The van der Waals surface area contributed by atoms with Crippen LogP contribution in [0.1, 0.15) is 36.7 Å². The fourth-order valence-corrected chi connectivity index (χ4v) is 2.19. The van der Waals surface area contributed by atoms with Crippen LogP contribution >= 0.6 is 0 Å². The van der Waals surface area contributed by atoms with Gasteiger partial charge in [0.05, 0.1) is 0 Å². The number of aromatic amines is 1. The van der Waals surface area contributed by atoms with Gasteiger partial charge in [-0.1, -0.05) is 12.1 Å². The third-order valence-electron chi connectivity index (χ3n) is 3.58. The van der Waals surface area contributed by atoms with Crippen molar-refractivity contribution in [2.75, 3.05) is 0 Å². The number of H-pyrrole nitrogens is 1. The van der Waals surface area contributed by atoms with Gasteiger partial charge in [0.15, 0.2) is 0 Å². The number of hydrogen-bond acceptors (Lipinski definition) is 3. The topological polar surface area (TPSA) is 67.0 Å². The van der Waals surface area contributed by atoms with Crippen molar-refractivity contribution in [1.29, 1.82) is 0 Å². The molecular weight excluding hydrogens is 273 g/mol. The summed E-state index contributed by atoms with van der Waals surface area (Å²) in [5.74, 6) is 0.251. The van der Waals surface area contributed by atoms with Crippen LogP contribution < -0.4 is 5.32 Å². The lowest BCUT2D eigenvalue weighted by Gasteiger charge is -2.26. The Balaban J connectivity index is 1.76. The summed E-state index contributed by atoms with van der Waals surface area (Å²) in [5.41, 5.74) is 0.733. The Morgan fingerprint density at radius 2 is 2.14 bits per heavy atom. The molecule has 1 aromatic heterocycles. The lowest BCUT2D eigenvalue weighted by molar-refractivity contribution is 0.0510. The summed E-state index contributed by atoms with van der Waals surface area (Å²) in [4.78, 5) is 19.1. The van der Waals surface area contributed by atoms with Gasteiger partial charge < -0.3 is 15.0 Å². The number of hydrogen-bond donors (Lipinski definition) is 2. The van der Waals surface area contributed by atoms with Crippen LogP contribution in [0.3, 0.4) is 0 Å². The van der Waals surface area contributed by atoms with E-state index in [0.717, 1.165) is 24.8 Å². The van der Waals surface area contributed by atoms with Gasteiger partial charge in [-0.05, 0) is 37.0 Å². The molecule has 1 aromatic carbocycles. The van der Waals surface area contributed by atoms with Gasteiger partial charge in [0, 0.05) is 12.4 Å².